The highest BCUT2D eigenvalue weighted by Crippen LogP contribution is 2.23. The van der Waals surface area contributed by atoms with Gasteiger partial charge in [0.15, 0.2) is 0 Å². The summed E-state index contributed by atoms with van der Waals surface area (Å²) in [6.07, 6.45) is 4.16. The zero-order chi connectivity index (χ0) is 9.90. The van der Waals surface area contributed by atoms with Gasteiger partial charge >= 0.3 is 0 Å². The third-order valence-electron chi connectivity index (χ3n) is 2.34. The molecule has 74 valence electrons. The molecule has 0 radical (unpaired) electrons. The lowest BCUT2D eigenvalue weighted by molar-refractivity contribution is 0.376. The van der Waals surface area contributed by atoms with Gasteiger partial charge in [-0.05, 0) is 19.3 Å². The Morgan fingerprint density at radius 3 is 2.85 bits per heavy atom. The molecule has 1 fully saturated rings. The number of nitriles is 1. The first-order chi connectivity index (χ1) is 6.05. The molecule has 0 aromatic carbocycles. The quantitative estimate of drug-likeness (QED) is 0.677. The van der Waals surface area contributed by atoms with E-state index >= 15 is 0 Å². The van der Waals surface area contributed by atoms with E-state index in [1.165, 1.54) is 10.6 Å². The van der Waals surface area contributed by atoms with E-state index in [1.54, 1.807) is 0 Å². The Morgan fingerprint density at radius 2 is 2.31 bits per heavy atom. The van der Waals surface area contributed by atoms with Crippen LogP contribution < -0.4 is 0 Å². The third kappa shape index (κ3) is 2.68. The molecule has 1 unspecified atom stereocenters. The summed E-state index contributed by atoms with van der Waals surface area (Å²) in [7, 11) is -3.06. The van der Waals surface area contributed by atoms with Gasteiger partial charge in [0.25, 0.3) is 0 Å². The molecule has 0 bridgehead atoms. The molecule has 0 amide bonds. The second-order valence-corrected chi connectivity index (χ2v) is 5.30. The summed E-state index contributed by atoms with van der Waals surface area (Å²) in [5, 5.41) is 8.40. The molecule has 5 heteroatoms. The average Bonchev–Trinajstić information content (AvgIpc) is 2.47. The van der Waals surface area contributed by atoms with Gasteiger partial charge in [-0.15, -0.1) is 0 Å². The molecule has 1 heterocycles. The SMILES string of the molecule is CS(=O)(=O)N1CCCC1CCC#N. The summed E-state index contributed by atoms with van der Waals surface area (Å²) >= 11 is 0. The van der Waals surface area contributed by atoms with Crippen LogP contribution in [0.5, 0.6) is 0 Å². The standard InChI is InChI=1S/C8H14N2O2S/c1-13(11,12)10-7-3-5-8(10)4-2-6-9/h8H,2-5,7H2,1H3. The van der Waals surface area contributed by atoms with E-state index in [2.05, 4.69) is 0 Å². The van der Waals surface area contributed by atoms with Crippen LogP contribution in [0.1, 0.15) is 25.7 Å². The van der Waals surface area contributed by atoms with E-state index in [1.807, 2.05) is 6.07 Å². The van der Waals surface area contributed by atoms with Crippen molar-refractivity contribution in [3.8, 4) is 6.07 Å². The van der Waals surface area contributed by atoms with Crippen LogP contribution in [0.2, 0.25) is 0 Å². The predicted octanol–water partition coefficient (Wildman–Crippen LogP) is 0.714. The van der Waals surface area contributed by atoms with Crippen molar-refractivity contribution in [2.45, 2.75) is 31.7 Å². The molecule has 0 spiro atoms. The van der Waals surface area contributed by atoms with Gasteiger partial charge in [0, 0.05) is 19.0 Å². The smallest absolute Gasteiger partial charge is 0.211 e. The van der Waals surface area contributed by atoms with Gasteiger partial charge in [-0.3, -0.25) is 0 Å². The largest absolute Gasteiger partial charge is 0.212 e. The Morgan fingerprint density at radius 1 is 1.62 bits per heavy atom. The number of rotatable bonds is 3. The van der Waals surface area contributed by atoms with Crippen molar-refractivity contribution >= 4 is 10.0 Å². The fourth-order valence-corrected chi connectivity index (χ4v) is 2.98. The highest BCUT2D eigenvalue weighted by atomic mass is 32.2. The van der Waals surface area contributed by atoms with Crippen LogP contribution >= 0.6 is 0 Å². The van der Waals surface area contributed by atoms with Crippen LogP contribution in [0.15, 0.2) is 0 Å². The van der Waals surface area contributed by atoms with Gasteiger partial charge < -0.3 is 0 Å². The molecule has 0 aromatic heterocycles. The van der Waals surface area contributed by atoms with Gasteiger partial charge in [-0.25, -0.2) is 8.42 Å². The number of nitrogens with zero attached hydrogens (tertiary/aromatic N) is 2. The zero-order valence-corrected chi connectivity index (χ0v) is 8.55. The molecular formula is C8H14N2O2S. The minimum atomic E-state index is -3.06. The number of hydrogen-bond donors (Lipinski definition) is 0. The highest BCUT2D eigenvalue weighted by molar-refractivity contribution is 7.88. The van der Waals surface area contributed by atoms with E-state index in [9.17, 15) is 8.42 Å². The molecule has 1 saturated heterocycles. The van der Waals surface area contributed by atoms with E-state index in [0.29, 0.717) is 19.4 Å². The molecule has 0 saturated carbocycles. The van der Waals surface area contributed by atoms with Crippen LogP contribution in [-0.2, 0) is 10.0 Å². The number of sulfonamides is 1. The second kappa shape index (κ2) is 4.07. The van der Waals surface area contributed by atoms with Crippen molar-refractivity contribution in [2.24, 2.45) is 0 Å². The Balaban J connectivity index is 2.60. The van der Waals surface area contributed by atoms with E-state index < -0.39 is 10.0 Å². The lowest BCUT2D eigenvalue weighted by Gasteiger charge is -2.20. The average molecular weight is 202 g/mol. The molecule has 1 atom stereocenters. The molecule has 0 aliphatic carbocycles. The first kappa shape index (κ1) is 10.5. The summed E-state index contributed by atoms with van der Waals surface area (Å²) in [6.45, 7) is 0.620. The Bertz CT molecular complexity index is 305. The van der Waals surface area contributed by atoms with Crippen LogP contribution in [0.25, 0.3) is 0 Å². The fourth-order valence-electron chi connectivity index (χ4n) is 1.77. The maximum atomic E-state index is 11.3. The topological polar surface area (TPSA) is 61.2 Å². The highest BCUT2D eigenvalue weighted by Gasteiger charge is 2.30. The normalized spacial score (nSPS) is 24.5. The van der Waals surface area contributed by atoms with Crippen molar-refractivity contribution < 1.29 is 8.42 Å². The summed E-state index contributed by atoms with van der Waals surface area (Å²) in [5.41, 5.74) is 0. The zero-order valence-electron chi connectivity index (χ0n) is 7.73. The molecule has 13 heavy (non-hydrogen) atoms. The van der Waals surface area contributed by atoms with Crippen LogP contribution in [-0.4, -0.2) is 31.6 Å². The van der Waals surface area contributed by atoms with Crippen molar-refractivity contribution in [2.75, 3.05) is 12.8 Å². The van der Waals surface area contributed by atoms with Crippen molar-refractivity contribution in [3.05, 3.63) is 0 Å². The van der Waals surface area contributed by atoms with E-state index in [0.717, 1.165) is 12.8 Å². The second-order valence-electron chi connectivity index (χ2n) is 3.37. The molecule has 1 rings (SSSR count). The summed E-state index contributed by atoms with van der Waals surface area (Å²) in [6, 6.07) is 2.11. The van der Waals surface area contributed by atoms with Gasteiger partial charge in [0.2, 0.25) is 10.0 Å². The third-order valence-corrected chi connectivity index (χ3v) is 3.67. The fraction of sp³-hybridized carbons (Fsp3) is 0.875. The maximum absolute atomic E-state index is 11.3. The first-order valence-electron chi connectivity index (χ1n) is 4.39. The monoisotopic (exact) mass is 202 g/mol. The molecule has 4 nitrogen and oxygen atoms in total. The Hall–Kier alpha value is -0.600. The Kier molecular flexibility index (Phi) is 3.28. The van der Waals surface area contributed by atoms with Crippen LogP contribution in [0.4, 0.5) is 0 Å². The number of hydrogen-bond acceptors (Lipinski definition) is 3. The summed E-state index contributed by atoms with van der Waals surface area (Å²) < 4.78 is 24.0. The maximum Gasteiger partial charge on any atom is 0.211 e. The molecule has 1 aliphatic heterocycles. The summed E-state index contributed by atoms with van der Waals surface area (Å²) in [4.78, 5) is 0. The summed E-state index contributed by atoms with van der Waals surface area (Å²) in [5.74, 6) is 0. The van der Waals surface area contributed by atoms with Gasteiger partial charge in [0.05, 0.1) is 12.3 Å². The molecular weight excluding hydrogens is 188 g/mol. The minimum absolute atomic E-state index is 0.0645. The van der Waals surface area contributed by atoms with Crippen molar-refractivity contribution in [3.63, 3.8) is 0 Å². The van der Waals surface area contributed by atoms with Crippen molar-refractivity contribution in [1.29, 1.82) is 5.26 Å². The minimum Gasteiger partial charge on any atom is -0.212 e. The van der Waals surface area contributed by atoms with Gasteiger partial charge in [0.1, 0.15) is 0 Å². The Labute approximate surface area is 79.2 Å². The predicted molar refractivity (Wildman–Crippen MR) is 49.4 cm³/mol. The van der Waals surface area contributed by atoms with Gasteiger partial charge in [-0.1, -0.05) is 0 Å². The molecule has 0 aromatic rings. The van der Waals surface area contributed by atoms with Crippen LogP contribution in [0, 0.1) is 11.3 Å². The van der Waals surface area contributed by atoms with Crippen LogP contribution in [0.3, 0.4) is 0 Å². The first-order valence-corrected chi connectivity index (χ1v) is 6.24. The van der Waals surface area contributed by atoms with Crippen molar-refractivity contribution in [1.82, 2.24) is 4.31 Å². The molecule has 1 aliphatic rings. The van der Waals surface area contributed by atoms with E-state index in [-0.39, 0.29) is 6.04 Å². The van der Waals surface area contributed by atoms with Gasteiger partial charge in [-0.2, -0.15) is 9.57 Å². The molecule has 0 N–H and O–H groups in total. The lowest BCUT2D eigenvalue weighted by atomic mass is 10.1. The lowest BCUT2D eigenvalue weighted by Crippen LogP contribution is -2.34. The van der Waals surface area contributed by atoms with E-state index in [4.69, 9.17) is 5.26 Å².